The van der Waals surface area contributed by atoms with Gasteiger partial charge in [-0.3, -0.25) is 4.55 Å². The molecule has 0 spiro atoms. The Morgan fingerprint density at radius 1 is 1.24 bits per heavy atom. The maximum atomic E-state index is 10.5. The van der Waals surface area contributed by atoms with Crippen LogP contribution < -0.4 is 4.90 Å². The zero-order chi connectivity index (χ0) is 18.7. The Bertz CT molecular complexity index is 731. The normalized spacial score (nSPS) is 11.2. The molecule has 0 atom stereocenters. The van der Waals surface area contributed by atoms with Gasteiger partial charge in [-0.1, -0.05) is 13.8 Å². The molecule has 2 aromatic rings. The van der Waals surface area contributed by atoms with Crippen LogP contribution in [-0.2, 0) is 14.6 Å². The van der Waals surface area contributed by atoms with E-state index in [0.29, 0.717) is 23.9 Å². The number of likely N-dealkylation sites (N-methyl/N-ethyl adjacent to an activating group) is 1. The number of anilines is 1. The smallest absolute Gasteiger partial charge is 0.369 e. The molecule has 1 N–H and O–H groups in total. The summed E-state index contributed by atoms with van der Waals surface area (Å²) in [5, 5.41) is 10.5. The number of azo groups is 1. The summed E-state index contributed by atoms with van der Waals surface area (Å²) in [7, 11) is -4.40. The van der Waals surface area contributed by atoms with E-state index in [1.165, 1.54) is 11.3 Å². The highest BCUT2D eigenvalue weighted by Gasteiger charge is 2.08. The third-order valence-electron chi connectivity index (χ3n) is 2.86. The summed E-state index contributed by atoms with van der Waals surface area (Å²) in [6, 6.07) is 7.32. The molecule has 0 aliphatic heterocycles. The molecular weight excluding hydrogens is 364 g/mol. The Labute approximate surface area is 152 Å². The van der Waals surface area contributed by atoms with Gasteiger partial charge in [0.05, 0.1) is 12.3 Å². The molecule has 2 rings (SSSR count). The van der Waals surface area contributed by atoms with Crippen LogP contribution in [-0.4, -0.2) is 37.7 Å². The molecule has 0 fully saturated rings. The van der Waals surface area contributed by atoms with E-state index in [-0.39, 0.29) is 6.61 Å². The van der Waals surface area contributed by atoms with Crippen LogP contribution in [0.4, 0.5) is 16.5 Å². The summed E-state index contributed by atoms with van der Waals surface area (Å²) < 4.78 is 34.0. The number of aromatic nitrogens is 1. The van der Waals surface area contributed by atoms with Crippen LogP contribution in [0.1, 0.15) is 20.8 Å². The molecular formula is C15H22N4O4S2. The summed E-state index contributed by atoms with van der Waals surface area (Å²) in [6.07, 6.45) is 1.66. The summed E-state index contributed by atoms with van der Waals surface area (Å²) >= 11 is 1.40. The molecule has 1 aromatic carbocycles. The molecule has 0 aliphatic carbocycles. The fraction of sp³-hybridized carbons (Fsp3) is 0.400. The van der Waals surface area contributed by atoms with Crippen LogP contribution in [0.3, 0.4) is 0 Å². The van der Waals surface area contributed by atoms with Gasteiger partial charge in [0.15, 0.2) is 0 Å². The average Bonchev–Trinajstić information content (AvgIpc) is 3.12. The van der Waals surface area contributed by atoms with Crippen molar-refractivity contribution in [2.75, 3.05) is 24.6 Å². The van der Waals surface area contributed by atoms with Crippen molar-refractivity contribution in [2.45, 2.75) is 20.8 Å². The monoisotopic (exact) mass is 386 g/mol. The number of rotatable bonds is 8. The second-order valence-electron chi connectivity index (χ2n) is 4.36. The van der Waals surface area contributed by atoms with E-state index >= 15 is 0 Å². The highest BCUT2D eigenvalue weighted by atomic mass is 32.3. The third-order valence-corrected chi connectivity index (χ3v) is 3.98. The van der Waals surface area contributed by atoms with Gasteiger partial charge in [0, 0.05) is 30.4 Å². The average molecular weight is 386 g/mol. The molecule has 0 unspecified atom stereocenters. The first-order chi connectivity index (χ1) is 12.0. The fourth-order valence-electron chi connectivity index (χ4n) is 1.82. The van der Waals surface area contributed by atoms with Crippen molar-refractivity contribution in [3.05, 3.63) is 35.8 Å². The predicted molar refractivity (Wildman–Crippen MR) is 99.5 cm³/mol. The van der Waals surface area contributed by atoms with Crippen LogP contribution in [0, 0.1) is 0 Å². The molecule has 10 heteroatoms. The van der Waals surface area contributed by atoms with Crippen molar-refractivity contribution in [3.63, 3.8) is 0 Å². The molecule has 1 aromatic heterocycles. The van der Waals surface area contributed by atoms with Gasteiger partial charge in [-0.05, 0) is 31.2 Å². The second-order valence-corrected chi connectivity index (χ2v) is 6.32. The van der Waals surface area contributed by atoms with Gasteiger partial charge in [0.1, 0.15) is 0 Å². The minimum atomic E-state index is -4.40. The zero-order valence-electron chi connectivity index (χ0n) is 14.4. The van der Waals surface area contributed by atoms with Crippen LogP contribution >= 0.6 is 11.3 Å². The SMILES string of the molecule is CC.CCN(CCOS(=O)(=O)O)c1ccc(N=Nc2nccs2)cc1. The predicted octanol–water partition coefficient (Wildman–Crippen LogP) is 4.23. The Hall–Kier alpha value is -1.88. The molecule has 25 heavy (non-hydrogen) atoms. The van der Waals surface area contributed by atoms with Gasteiger partial charge in [-0.25, -0.2) is 9.17 Å². The van der Waals surface area contributed by atoms with Crippen LogP contribution in [0.25, 0.3) is 0 Å². The number of thiazole rings is 1. The van der Waals surface area contributed by atoms with E-state index in [0.717, 1.165) is 5.69 Å². The van der Waals surface area contributed by atoms with Gasteiger partial charge >= 0.3 is 10.4 Å². The first-order valence-electron chi connectivity index (χ1n) is 7.76. The molecule has 0 bridgehead atoms. The Morgan fingerprint density at radius 3 is 2.44 bits per heavy atom. The zero-order valence-corrected chi connectivity index (χ0v) is 16.0. The van der Waals surface area contributed by atoms with Crippen molar-refractivity contribution in [2.24, 2.45) is 10.2 Å². The summed E-state index contributed by atoms with van der Waals surface area (Å²) in [4.78, 5) is 5.92. The van der Waals surface area contributed by atoms with Gasteiger partial charge in [-0.15, -0.1) is 21.6 Å². The molecule has 0 saturated carbocycles. The van der Waals surface area contributed by atoms with Crippen molar-refractivity contribution < 1.29 is 17.2 Å². The standard InChI is InChI=1S/C13H16N4O4S2.C2H6/c1-2-17(8-9-21-23(18,19)20)12-5-3-11(4-6-12)15-16-13-14-7-10-22-13;1-2/h3-7,10H,2,8-9H2,1H3,(H,18,19,20);1-2H3. The molecule has 8 nitrogen and oxygen atoms in total. The number of nitrogens with zero attached hydrogens (tertiary/aromatic N) is 4. The maximum Gasteiger partial charge on any atom is 0.397 e. The lowest BCUT2D eigenvalue weighted by molar-refractivity contribution is 0.274. The molecule has 138 valence electrons. The minimum absolute atomic E-state index is 0.127. The first kappa shape index (κ1) is 21.2. The molecule has 0 aliphatic rings. The van der Waals surface area contributed by atoms with Gasteiger partial charge in [0.2, 0.25) is 5.13 Å². The highest BCUT2D eigenvalue weighted by Crippen LogP contribution is 2.23. The lowest BCUT2D eigenvalue weighted by Gasteiger charge is -2.22. The topological polar surface area (TPSA) is 104 Å². The molecule has 0 amide bonds. The number of hydrogen-bond acceptors (Lipinski definition) is 8. The third kappa shape index (κ3) is 8.16. The molecule has 0 radical (unpaired) electrons. The second kappa shape index (κ2) is 10.9. The number of hydrogen-bond donors (Lipinski definition) is 1. The van der Waals surface area contributed by atoms with Gasteiger partial charge < -0.3 is 4.90 Å². The van der Waals surface area contributed by atoms with Gasteiger partial charge in [0.25, 0.3) is 0 Å². The summed E-state index contributed by atoms with van der Waals surface area (Å²) in [5.74, 6) is 0. The first-order valence-corrected chi connectivity index (χ1v) is 10.0. The Balaban J connectivity index is 0.00000151. The highest BCUT2D eigenvalue weighted by molar-refractivity contribution is 7.80. The van der Waals surface area contributed by atoms with Crippen molar-refractivity contribution >= 4 is 38.2 Å². The van der Waals surface area contributed by atoms with E-state index < -0.39 is 10.4 Å². The van der Waals surface area contributed by atoms with E-state index in [1.807, 2.05) is 43.2 Å². The van der Waals surface area contributed by atoms with Crippen molar-refractivity contribution in [1.82, 2.24) is 4.98 Å². The Kier molecular flexibility index (Phi) is 9.21. The lowest BCUT2D eigenvalue weighted by Crippen LogP contribution is -2.27. The Morgan fingerprint density at radius 2 is 1.92 bits per heavy atom. The molecule has 1 heterocycles. The summed E-state index contributed by atoms with van der Waals surface area (Å²) in [6.45, 7) is 6.80. The van der Waals surface area contributed by atoms with Crippen molar-refractivity contribution in [1.29, 1.82) is 0 Å². The quantitative estimate of drug-likeness (QED) is 0.538. The largest absolute Gasteiger partial charge is 0.397 e. The number of benzene rings is 1. The maximum absolute atomic E-state index is 10.5. The lowest BCUT2D eigenvalue weighted by atomic mass is 10.2. The van der Waals surface area contributed by atoms with E-state index in [9.17, 15) is 8.42 Å². The van der Waals surface area contributed by atoms with Crippen LogP contribution in [0.5, 0.6) is 0 Å². The van der Waals surface area contributed by atoms with Crippen LogP contribution in [0.2, 0.25) is 0 Å². The van der Waals surface area contributed by atoms with Gasteiger partial charge in [-0.2, -0.15) is 8.42 Å². The van der Waals surface area contributed by atoms with E-state index in [2.05, 4.69) is 19.4 Å². The molecule has 0 saturated heterocycles. The minimum Gasteiger partial charge on any atom is -0.369 e. The van der Waals surface area contributed by atoms with E-state index in [1.54, 1.807) is 18.3 Å². The van der Waals surface area contributed by atoms with Crippen LogP contribution in [0.15, 0.2) is 46.1 Å². The summed E-state index contributed by atoms with van der Waals surface area (Å²) in [5.41, 5.74) is 1.58. The van der Waals surface area contributed by atoms with Crippen molar-refractivity contribution in [3.8, 4) is 0 Å². The van der Waals surface area contributed by atoms with E-state index in [4.69, 9.17) is 4.55 Å². The fourth-order valence-corrected chi connectivity index (χ4v) is 2.56.